The molecule has 1 aliphatic rings. The molecule has 1 amide bonds. The van der Waals surface area contributed by atoms with Crippen LogP contribution in [0.3, 0.4) is 0 Å². The van der Waals surface area contributed by atoms with Crippen molar-refractivity contribution in [2.24, 2.45) is 5.92 Å². The van der Waals surface area contributed by atoms with Gasteiger partial charge in [-0.25, -0.2) is 0 Å². The normalized spacial score (nSPS) is 15.0. The number of carbonyl (C=O) groups excluding carboxylic acids is 1. The highest BCUT2D eigenvalue weighted by Crippen LogP contribution is 2.24. The molecule has 1 aromatic rings. The molecule has 1 saturated carbocycles. The third-order valence-corrected chi connectivity index (χ3v) is 6.03. The van der Waals surface area contributed by atoms with Gasteiger partial charge in [-0.1, -0.05) is 43.9 Å². The van der Waals surface area contributed by atoms with Crippen molar-refractivity contribution in [2.75, 3.05) is 33.3 Å². The standard InChI is InChI=1S/C23H37ClN2O2/c1-3-15-26(17-13-19-11-12-21(28-2)18-22(19)24)16-8-7-14-25-23(27)20-9-5-4-6-10-20/h11-12,18,20H,3-10,13-17H2,1-2H3,(H,25,27). The molecule has 28 heavy (non-hydrogen) atoms. The van der Waals surface area contributed by atoms with Crippen molar-refractivity contribution in [1.29, 1.82) is 0 Å². The van der Waals surface area contributed by atoms with E-state index in [0.717, 1.165) is 75.5 Å². The van der Waals surface area contributed by atoms with E-state index in [1.807, 2.05) is 12.1 Å². The third-order valence-electron chi connectivity index (χ3n) is 5.67. The summed E-state index contributed by atoms with van der Waals surface area (Å²) in [5, 5.41) is 3.93. The number of unbranched alkanes of at least 4 members (excludes halogenated alkanes) is 1. The maximum Gasteiger partial charge on any atom is 0.223 e. The smallest absolute Gasteiger partial charge is 0.223 e. The van der Waals surface area contributed by atoms with E-state index in [1.54, 1.807) is 7.11 Å². The summed E-state index contributed by atoms with van der Waals surface area (Å²) in [6.07, 6.45) is 10.1. The fraction of sp³-hybridized carbons (Fsp3) is 0.696. The summed E-state index contributed by atoms with van der Waals surface area (Å²) in [6, 6.07) is 5.92. The quantitative estimate of drug-likeness (QED) is 0.490. The van der Waals surface area contributed by atoms with Gasteiger partial charge in [-0.3, -0.25) is 4.79 Å². The second-order valence-electron chi connectivity index (χ2n) is 7.88. The molecule has 2 rings (SSSR count). The van der Waals surface area contributed by atoms with Crippen molar-refractivity contribution in [1.82, 2.24) is 10.2 Å². The summed E-state index contributed by atoms with van der Waals surface area (Å²) in [5.74, 6) is 1.34. The van der Waals surface area contributed by atoms with E-state index in [1.165, 1.54) is 24.8 Å². The molecule has 0 radical (unpaired) electrons. The van der Waals surface area contributed by atoms with Crippen molar-refractivity contribution < 1.29 is 9.53 Å². The van der Waals surface area contributed by atoms with Gasteiger partial charge >= 0.3 is 0 Å². The Morgan fingerprint density at radius 1 is 1.18 bits per heavy atom. The van der Waals surface area contributed by atoms with Crippen LogP contribution in [0.5, 0.6) is 5.75 Å². The van der Waals surface area contributed by atoms with Crippen molar-refractivity contribution in [3.63, 3.8) is 0 Å². The molecule has 158 valence electrons. The molecule has 0 heterocycles. The Morgan fingerprint density at radius 3 is 2.64 bits per heavy atom. The van der Waals surface area contributed by atoms with Crippen LogP contribution in [0.15, 0.2) is 18.2 Å². The van der Waals surface area contributed by atoms with Crippen LogP contribution in [0.25, 0.3) is 0 Å². The number of ether oxygens (including phenoxy) is 1. The van der Waals surface area contributed by atoms with E-state index in [0.29, 0.717) is 0 Å². The van der Waals surface area contributed by atoms with Crippen molar-refractivity contribution in [3.8, 4) is 5.75 Å². The Morgan fingerprint density at radius 2 is 1.96 bits per heavy atom. The number of halogens is 1. The maximum atomic E-state index is 12.2. The molecule has 0 spiro atoms. The van der Waals surface area contributed by atoms with Gasteiger partial charge < -0.3 is 15.0 Å². The highest BCUT2D eigenvalue weighted by atomic mass is 35.5. The lowest BCUT2D eigenvalue weighted by Crippen LogP contribution is -2.33. The Kier molecular flexibility index (Phi) is 10.7. The van der Waals surface area contributed by atoms with Crippen molar-refractivity contribution >= 4 is 17.5 Å². The number of methoxy groups -OCH3 is 1. The zero-order valence-electron chi connectivity index (χ0n) is 17.6. The molecule has 0 saturated heterocycles. The van der Waals surface area contributed by atoms with Crippen LogP contribution in [0, 0.1) is 5.92 Å². The zero-order chi connectivity index (χ0) is 20.2. The summed E-state index contributed by atoms with van der Waals surface area (Å²) >= 11 is 6.37. The average molecular weight is 409 g/mol. The van der Waals surface area contributed by atoms with Gasteiger partial charge in [0.15, 0.2) is 0 Å². The lowest BCUT2D eigenvalue weighted by atomic mass is 9.89. The molecule has 0 aliphatic heterocycles. The highest BCUT2D eigenvalue weighted by Gasteiger charge is 2.20. The Hall–Kier alpha value is -1.26. The number of hydrogen-bond acceptors (Lipinski definition) is 3. The molecule has 5 heteroatoms. The Balaban J connectivity index is 1.65. The third kappa shape index (κ3) is 8.00. The second-order valence-corrected chi connectivity index (χ2v) is 8.29. The second kappa shape index (κ2) is 13.1. The molecule has 1 aromatic carbocycles. The van der Waals surface area contributed by atoms with E-state index < -0.39 is 0 Å². The minimum Gasteiger partial charge on any atom is -0.497 e. The average Bonchev–Trinajstić information content (AvgIpc) is 2.72. The summed E-state index contributed by atoms with van der Waals surface area (Å²) in [4.78, 5) is 14.7. The summed E-state index contributed by atoms with van der Waals surface area (Å²) in [6.45, 7) is 6.20. The summed E-state index contributed by atoms with van der Waals surface area (Å²) in [5.41, 5.74) is 1.17. The van der Waals surface area contributed by atoms with E-state index in [-0.39, 0.29) is 11.8 Å². The number of nitrogens with one attached hydrogen (secondary N) is 1. The zero-order valence-corrected chi connectivity index (χ0v) is 18.4. The Labute approximate surface area is 176 Å². The molecular weight excluding hydrogens is 372 g/mol. The topological polar surface area (TPSA) is 41.6 Å². The van der Waals surface area contributed by atoms with Gasteiger partial charge in [0.25, 0.3) is 0 Å². The molecule has 4 nitrogen and oxygen atoms in total. The first-order valence-corrected chi connectivity index (χ1v) is 11.3. The van der Waals surface area contributed by atoms with Crippen molar-refractivity contribution in [2.45, 2.75) is 64.7 Å². The summed E-state index contributed by atoms with van der Waals surface area (Å²) in [7, 11) is 1.66. The largest absolute Gasteiger partial charge is 0.497 e. The molecule has 1 fully saturated rings. The van der Waals surface area contributed by atoms with Gasteiger partial charge in [0.05, 0.1) is 7.11 Å². The molecule has 0 atom stereocenters. The molecule has 1 N–H and O–H groups in total. The van der Waals surface area contributed by atoms with Crippen LogP contribution >= 0.6 is 11.6 Å². The first-order chi connectivity index (χ1) is 13.6. The van der Waals surface area contributed by atoms with Crippen LogP contribution in [-0.2, 0) is 11.2 Å². The molecule has 0 aromatic heterocycles. The summed E-state index contributed by atoms with van der Waals surface area (Å²) < 4.78 is 5.22. The van der Waals surface area contributed by atoms with Gasteiger partial charge in [-0.15, -0.1) is 0 Å². The first-order valence-electron chi connectivity index (χ1n) is 11.0. The van der Waals surface area contributed by atoms with Crippen LogP contribution in [0.1, 0.15) is 63.9 Å². The predicted molar refractivity (Wildman–Crippen MR) is 117 cm³/mol. The monoisotopic (exact) mass is 408 g/mol. The van der Waals surface area contributed by atoms with Crippen molar-refractivity contribution in [3.05, 3.63) is 28.8 Å². The number of amides is 1. The molecule has 0 unspecified atom stereocenters. The first kappa shape index (κ1) is 23.0. The van der Waals surface area contributed by atoms with Gasteiger partial charge in [0.2, 0.25) is 5.91 Å². The van der Waals surface area contributed by atoms with Gasteiger partial charge in [0.1, 0.15) is 5.75 Å². The SMILES string of the molecule is CCCN(CCCCNC(=O)C1CCCCC1)CCc1ccc(OC)cc1Cl. The van der Waals surface area contributed by atoms with Crippen LogP contribution in [0.2, 0.25) is 5.02 Å². The van der Waals surface area contributed by atoms with E-state index >= 15 is 0 Å². The van der Waals surface area contributed by atoms with Gasteiger partial charge in [-0.05, 0) is 69.3 Å². The number of nitrogens with zero attached hydrogens (tertiary/aromatic N) is 1. The minimum atomic E-state index is 0.264. The van der Waals surface area contributed by atoms with Gasteiger partial charge in [0, 0.05) is 24.0 Å². The number of rotatable bonds is 12. The van der Waals surface area contributed by atoms with Crippen LogP contribution in [0.4, 0.5) is 0 Å². The van der Waals surface area contributed by atoms with Crippen LogP contribution in [-0.4, -0.2) is 44.1 Å². The van der Waals surface area contributed by atoms with E-state index in [4.69, 9.17) is 16.3 Å². The lowest BCUT2D eigenvalue weighted by molar-refractivity contribution is -0.125. The lowest BCUT2D eigenvalue weighted by Gasteiger charge is -2.23. The highest BCUT2D eigenvalue weighted by molar-refractivity contribution is 6.31. The predicted octanol–water partition coefficient (Wildman–Crippen LogP) is 5.08. The van der Waals surface area contributed by atoms with E-state index in [9.17, 15) is 4.79 Å². The molecule has 1 aliphatic carbocycles. The Bertz CT molecular complexity index is 588. The number of carbonyl (C=O) groups is 1. The minimum absolute atomic E-state index is 0.264. The van der Waals surface area contributed by atoms with E-state index in [2.05, 4.69) is 23.2 Å². The number of benzene rings is 1. The fourth-order valence-electron chi connectivity index (χ4n) is 3.97. The van der Waals surface area contributed by atoms with Crippen LogP contribution < -0.4 is 10.1 Å². The fourth-order valence-corrected chi connectivity index (χ4v) is 4.23. The van der Waals surface area contributed by atoms with Gasteiger partial charge in [-0.2, -0.15) is 0 Å². The maximum absolute atomic E-state index is 12.2. The number of hydrogen-bond donors (Lipinski definition) is 1. The molecule has 0 bridgehead atoms. The molecular formula is C23H37ClN2O2.